The fourth-order valence-electron chi connectivity index (χ4n) is 3.76. The van der Waals surface area contributed by atoms with Gasteiger partial charge >= 0.3 is 19.1 Å². The number of hydrogen-bond acceptors (Lipinski definition) is 4. The van der Waals surface area contributed by atoms with Crippen LogP contribution in [0.5, 0.6) is 17.2 Å². The Hall–Kier alpha value is -4.42. The van der Waals surface area contributed by atoms with E-state index >= 15 is 0 Å². The summed E-state index contributed by atoms with van der Waals surface area (Å²) in [4.78, 5) is 4.22. The highest BCUT2D eigenvalue weighted by Gasteiger charge is 2.33. The molecule has 0 saturated carbocycles. The Kier molecular flexibility index (Phi) is 7.35. The second kappa shape index (κ2) is 10.4. The Balaban J connectivity index is 1.93. The molecule has 0 saturated heterocycles. The van der Waals surface area contributed by atoms with Gasteiger partial charge in [0.15, 0.2) is 0 Å². The van der Waals surface area contributed by atoms with E-state index in [4.69, 9.17) is 0 Å². The average Bonchev–Trinajstić information content (AvgIpc) is 2.81. The van der Waals surface area contributed by atoms with Crippen LogP contribution in [0, 0.1) is 0 Å². The zero-order chi connectivity index (χ0) is 28.4. The van der Waals surface area contributed by atoms with Crippen LogP contribution in [0.25, 0.3) is 33.5 Å². The van der Waals surface area contributed by atoms with E-state index in [9.17, 15) is 39.5 Å². The van der Waals surface area contributed by atoms with E-state index in [-0.39, 0.29) is 33.5 Å². The molecule has 0 spiro atoms. The van der Waals surface area contributed by atoms with Crippen LogP contribution in [-0.4, -0.2) is 24.1 Å². The lowest BCUT2D eigenvalue weighted by Crippen LogP contribution is -2.17. The first kappa shape index (κ1) is 27.6. The maximum absolute atomic E-state index is 12.9. The monoisotopic (exact) mass is 559 g/mol. The number of pyridine rings is 1. The molecule has 0 radical (unpaired) electrons. The normalized spacial score (nSPS) is 12.2. The molecule has 0 N–H and O–H groups in total. The Morgan fingerprint density at radius 1 is 0.487 bits per heavy atom. The van der Waals surface area contributed by atoms with Crippen molar-refractivity contribution in [2.45, 2.75) is 19.1 Å². The minimum absolute atomic E-state index is 0.00595. The molecular weight excluding hydrogens is 545 g/mol. The summed E-state index contributed by atoms with van der Waals surface area (Å²) >= 11 is 0. The topological polar surface area (TPSA) is 40.6 Å². The first-order valence-electron chi connectivity index (χ1n) is 10.7. The smallest absolute Gasteiger partial charge is 0.406 e. The predicted molar refractivity (Wildman–Crippen MR) is 121 cm³/mol. The van der Waals surface area contributed by atoms with Crippen LogP contribution in [-0.2, 0) is 0 Å². The quantitative estimate of drug-likeness (QED) is 0.222. The van der Waals surface area contributed by atoms with Crippen LogP contribution in [0.15, 0.2) is 85.1 Å². The standard InChI is InChI=1S/C26H14F9NO3/c27-24(28,29)37-18-7-1-4-15(12-18)21-10-11-36-23(17-6-3-9-20(14-17)39-26(33,34)35)22(21)16-5-2-8-19(13-16)38-25(30,31)32/h1-14H. The number of benzene rings is 3. The van der Waals surface area contributed by atoms with E-state index in [1.54, 1.807) is 0 Å². The highest BCUT2D eigenvalue weighted by atomic mass is 19.4. The number of aromatic nitrogens is 1. The third-order valence-electron chi connectivity index (χ3n) is 5.03. The number of rotatable bonds is 6. The summed E-state index contributed by atoms with van der Waals surface area (Å²) in [6.07, 6.45) is -13.8. The van der Waals surface area contributed by atoms with Crippen molar-refractivity contribution in [1.29, 1.82) is 0 Å². The first-order valence-corrected chi connectivity index (χ1v) is 10.7. The van der Waals surface area contributed by atoms with Crippen LogP contribution in [0.3, 0.4) is 0 Å². The van der Waals surface area contributed by atoms with Crippen molar-refractivity contribution in [2.75, 3.05) is 0 Å². The molecule has 1 aromatic heterocycles. The lowest BCUT2D eigenvalue weighted by Gasteiger charge is -2.18. The van der Waals surface area contributed by atoms with Gasteiger partial charge in [-0.1, -0.05) is 36.4 Å². The van der Waals surface area contributed by atoms with Crippen LogP contribution >= 0.6 is 0 Å². The highest BCUT2D eigenvalue weighted by Crippen LogP contribution is 2.42. The lowest BCUT2D eigenvalue weighted by molar-refractivity contribution is -0.275. The van der Waals surface area contributed by atoms with Crippen molar-refractivity contribution in [2.24, 2.45) is 0 Å². The van der Waals surface area contributed by atoms with Crippen molar-refractivity contribution < 1.29 is 53.7 Å². The zero-order valence-corrected chi connectivity index (χ0v) is 19.2. The Labute approximate surface area is 214 Å². The van der Waals surface area contributed by atoms with E-state index in [1.165, 1.54) is 48.7 Å². The molecule has 4 aromatic rings. The van der Waals surface area contributed by atoms with Gasteiger partial charge in [0.2, 0.25) is 0 Å². The van der Waals surface area contributed by atoms with Gasteiger partial charge in [-0.3, -0.25) is 4.98 Å². The number of hydrogen-bond donors (Lipinski definition) is 0. The van der Waals surface area contributed by atoms with Crippen molar-refractivity contribution >= 4 is 0 Å². The molecule has 4 nitrogen and oxygen atoms in total. The van der Waals surface area contributed by atoms with Crippen molar-refractivity contribution in [3.05, 3.63) is 85.1 Å². The highest BCUT2D eigenvalue weighted by molar-refractivity contribution is 5.93. The molecule has 3 aromatic carbocycles. The minimum atomic E-state index is -5.02. The molecule has 0 atom stereocenters. The average molecular weight is 559 g/mol. The minimum Gasteiger partial charge on any atom is -0.406 e. The molecule has 0 aliphatic heterocycles. The molecule has 0 fully saturated rings. The number of nitrogens with zero attached hydrogens (tertiary/aromatic N) is 1. The number of halogens is 9. The summed E-state index contributed by atoms with van der Waals surface area (Å²) < 4.78 is 127. The maximum Gasteiger partial charge on any atom is 0.573 e. The molecule has 0 unspecified atom stereocenters. The van der Waals surface area contributed by atoms with Gasteiger partial charge in [-0.25, -0.2) is 0 Å². The SMILES string of the molecule is FC(F)(F)Oc1cccc(-c2ccnc(-c3cccc(OC(F)(F)F)c3)c2-c2cccc(OC(F)(F)F)c2)c1. The van der Waals surface area contributed by atoms with E-state index in [0.29, 0.717) is 0 Å². The van der Waals surface area contributed by atoms with Crippen molar-refractivity contribution in [3.63, 3.8) is 0 Å². The Morgan fingerprint density at radius 3 is 1.38 bits per heavy atom. The summed E-state index contributed by atoms with van der Waals surface area (Å²) in [6.45, 7) is 0. The third-order valence-corrected chi connectivity index (χ3v) is 5.03. The van der Waals surface area contributed by atoms with Gasteiger partial charge in [-0.2, -0.15) is 0 Å². The first-order chi connectivity index (χ1) is 18.2. The summed E-state index contributed by atoms with van der Waals surface area (Å²) in [7, 11) is 0. The van der Waals surface area contributed by atoms with Crippen LogP contribution in [0.2, 0.25) is 0 Å². The van der Waals surface area contributed by atoms with Gasteiger partial charge in [0.05, 0.1) is 5.69 Å². The van der Waals surface area contributed by atoms with Gasteiger partial charge in [0, 0.05) is 17.3 Å². The number of alkyl halides is 9. The van der Waals surface area contributed by atoms with Gasteiger partial charge in [-0.05, 0) is 59.2 Å². The summed E-state index contributed by atoms with van der Waals surface area (Å²) in [5.74, 6) is -1.77. The molecular formula is C26H14F9NO3. The summed E-state index contributed by atoms with van der Waals surface area (Å²) in [6, 6.07) is 15.5. The molecule has 1 heterocycles. The van der Waals surface area contributed by atoms with Gasteiger partial charge in [-0.15, -0.1) is 39.5 Å². The second-order valence-electron chi connectivity index (χ2n) is 7.81. The van der Waals surface area contributed by atoms with Gasteiger partial charge in [0.25, 0.3) is 0 Å². The Morgan fingerprint density at radius 2 is 0.897 bits per heavy atom. The van der Waals surface area contributed by atoms with Crippen molar-refractivity contribution in [1.82, 2.24) is 4.98 Å². The van der Waals surface area contributed by atoms with E-state index in [2.05, 4.69) is 19.2 Å². The van der Waals surface area contributed by atoms with Crippen LogP contribution in [0.4, 0.5) is 39.5 Å². The lowest BCUT2D eigenvalue weighted by atomic mass is 9.91. The van der Waals surface area contributed by atoms with Gasteiger partial charge in [0.1, 0.15) is 17.2 Å². The number of ether oxygens (including phenoxy) is 3. The summed E-state index contributed by atoms with van der Waals surface area (Å²) in [5, 5.41) is 0. The second-order valence-corrected chi connectivity index (χ2v) is 7.81. The van der Waals surface area contributed by atoms with Crippen molar-refractivity contribution in [3.8, 4) is 50.8 Å². The molecule has 4 rings (SSSR count). The van der Waals surface area contributed by atoms with E-state index in [0.717, 1.165) is 36.4 Å². The fraction of sp³-hybridized carbons (Fsp3) is 0.115. The van der Waals surface area contributed by atoms with Gasteiger partial charge < -0.3 is 14.2 Å². The fourth-order valence-corrected chi connectivity index (χ4v) is 3.76. The zero-order valence-electron chi connectivity index (χ0n) is 19.2. The van der Waals surface area contributed by atoms with E-state index in [1.807, 2.05) is 0 Å². The predicted octanol–water partition coefficient (Wildman–Crippen LogP) is 8.78. The third kappa shape index (κ3) is 7.55. The van der Waals surface area contributed by atoms with Crippen LogP contribution < -0.4 is 14.2 Å². The molecule has 0 aliphatic carbocycles. The van der Waals surface area contributed by atoms with Crippen LogP contribution in [0.1, 0.15) is 0 Å². The maximum atomic E-state index is 12.9. The molecule has 0 bridgehead atoms. The molecule has 204 valence electrons. The largest absolute Gasteiger partial charge is 0.573 e. The Bertz CT molecular complexity index is 1390. The molecule has 39 heavy (non-hydrogen) atoms. The van der Waals surface area contributed by atoms with E-state index < -0.39 is 36.3 Å². The molecule has 0 aliphatic rings. The summed E-state index contributed by atoms with van der Waals surface area (Å²) in [5.41, 5.74) is 0.613. The molecule has 13 heteroatoms. The molecule has 0 amide bonds.